The quantitative estimate of drug-likeness (QED) is 0.464. The Morgan fingerprint density at radius 2 is 1.88 bits per heavy atom. The summed E-state index contributed by atoms with van der Waals surface area (Å²) in [6.45, 7) is 2.90. The van der Waals surface area contributed by atoms with E-state index in [0.717, 1.165) is 32.2 Å². The van der Waals surface area contributed by atoms with Gasteiger partial charge in [0.2, 0.25) is 5.91 Å². The Hall–Kier alpha value is -2.44. The number of nitro groups is 1. The monoisotopic (exact) mass is 346 g/mol. The number of non-ortho nitro benzene ring substituents is 1. The van der Waals surface area contributed by atoms with Crippen molar-refractivity contribution < 1.29 is 19.2 Å². The minimum atomic E-state index is -0.484. The lowest BCUT2D eigenvalue weighted by Gasteiger charge is -2.32. The van der Waals surface area contributed by atoms with Crippen LogP contribution in [0.4, 0.5) is 5.69 Å². The van der Waals surface area contributed by atoms with E-state index < -0.39 is 11.0 Å². The zero-order valence-corrected chi connectivity index (χ0v) is 14.2. The summed E-state index contributed by atoms with van der Waals surface area (Å²) in [7, 11) is 0. The van der Waals surface area contributed by atoms with Gasteiger partial charge in [0.25, 0.3) is 5.69 Å². The van der Waals surface area contributed by atoms with Crippen molar-refractivity contribution >= 4 is 17.6 Å². The smallest absolute Gasteiger partial charge is 0.311 e. The number of likely N-dealkylation sites (tertiary alicyclic amines) is 1. The van der Waals surface area contributed by atoms with Crippen molar-refractivity contribution in [2.75, 3.05) is 13.1 Å². The molecule has 1 heterocycles. The molecule has 0 N–H and O–H groups in total. The van der Waals surface area contributed by atoms with Gasteiger partial charge in [-0.05, 0) is 50.3 Å². The number of piperidine rings is 1. The Morgan fingerprint density at radius 1 is 1.20 bits per heavy atom. The predicted octanol–water partition coefficient (Wildman–Crippen LogP) is 2.85. The first kappa shape index (κ1) is 17.4. The van der Waals surface area contributed by atoms with Crippen molar-refractivity contribution in [2.24, 2.45) is 11.8 Å². The number of nitrogens with zero attached hydrogens (tertiary/aromatic N) is 2. The zero-order valence-electron chi connectivity index (χ0n) is 14.2. The molecule has 2 aliphatic rings. The Labute approximate surface area is 146 Å². The van der Waals surface area contributed by atoms with Crippen molar-refractivity contribution in [1.29, 1.82) is 0 Å². The molecule has 0 radical (unpaired) electrons. The molecule has 0 aromatic heterocycles. The van der Waals surface area contributed by atoms with E-state index in [9.17, 15) is 19.7 Å². The van der Waals surface area contributed by atoms with Gasteiger partial charge in [-0.3, -0.25) is 19.7 Å². The van der Waals surface area contributed by atoms with Crippen molar-refractivity contribution in [2.45, 2.75) is 38.7 Å². The minimum Gasteiger partial charge on any atom is -0.458 e. The number of hydrogen-bond acceptors (Lipinski definition) is 5. The number of hydrogen-bond donors (Lipinski definition) is 0. The van der Waals surface area contributed by atoms with Crippen LogP contribution in [-0.4, -0.2) is 34.8 Å². The molecule has 3 rings (SSSR count). The number of rotatable bonds is 5. The molecular formula is C18H22N2O5. The molecule has 0 bridgehead atoms. The number of benzene rings is 1. The van der Waals surface area contributed by atoms with E-state index in [4.69, 9.17) is 4.74 Å². The number of carbonyl (C=O) groups excluding carboxylic acids is 2. The summed E-state index contributed by atoms with van der Waals surface area (Å²) < 4.78 is 5.53. The molecule has 25 heavy (non-hydrogen) atoms. The van der Waals surface area contributed by atoms with Crippen LogP contribution in [0.3, 0.4) is 0 Å². The molecule has 7 heteroatoms. The number of amides is 1. The van der Waals surface area contributed by atoms with Crippen LogP contribution in [-0.2, 0) is 14.3 Å². The molecule has 134 valence electrons. The van der Waals surface area contributed by atoms with Gasteiger partial charge in [0.15, 0.2) is 0 Å². The normalized spacial score (nSPS) is 21.5. The second-order valence-corrected chi connectivity index (χ2v) is 6.83. The van der Waals surface area contributed by atoms with Crippen LogP contribution in [0.25, 0.3) is 0 Å². The van der Waals surface area contributed by atoms with Crippen molar-refractivity contribution in [3.05, 3.63) is 39.9 Å². The predicted molar refractivity (Wildman–Crippen MR) is 89.6 cm³/mol. The maximum absolute atomic E-state index is 12.4. The molecule has 0 spiro atoms. The fourth-order valence-electron chi connectivity index (χ4n) is 3.16. The molecule has 1 saturated carbocycles. The van der Waals surface area contributed by atoms with Gasteiger partial charge in [-0.1, -0.05) is 0 Å². The lowest BCUT2D eigenvalue weighted by Crippen LogP contribution is -2.43. The highest BCUT2D eigenvalue weighted by Crippen LogP contribution is 2.33. The lowest BCUT2D eigenvalue weighted by atomic mass is 9.97. The molecule has 1 aromatic rings. The second-order valence-electron chi connectivity index (χ2n) is 6.83. The maximum atomic E-state index is 12.4. The van der Waals surface area contributed by atoms with E-state index in [1.165, 1.54) is 12.1 Å². The molecule has 1 amide bonds. The zero-order chi connectivity index (χ0) is 18.0. The molecular weight excluding hydrogens is 324 g/mol. The van der Waals surface area contributed by atoms with Crippen LogP contribution in [0, 0.1) is 22.0 Å². The Morgan fingerprint density at radius 3 is 2.48 bits per heavy atom. The summed E-state index contributed by atoms with van der Waals surface area (Å²) in [6.07, 6.45) is 2.97. The van der Waals surface area contributed by atoms with Crippen molar-refractivity contribution in [3.8, 4) is 0 Å². The second kappa shape index (κ2) is 7.21. The number of esters is 1. The molecule has 2 fully saturated rings. The van der Waals surface area contributed by atoms with Crippen LogP contribution >= 0.6 is 0 Å². The van der Waals surface area contributed by atoms with Gasteiger partial charge in [-0.2, -0.15) is 0 Å². The third-order valence-corrected chi connectivity index (χ3v) is 4.86. The summed E-state index contributed by atoms with van der Waals surface area (Å²) >= 11 is 0. The van der Waals surface area contributed by atoms with Gasteiger partial charge in [-0.25, -0.2) is 0 Å². The Bertz CT molecular complexity index is 669. The van der Waals surface area contributed by atoms with E-state index in [2.05, 4.69) is 0 Å². The molecule has 7 nitrogen and oxygen atoms in total. The molecule has 1 aliphatic heterocycles. The lowest BCUT2D eigenvalue weighted by molar-refractivity contribution is -0.384. The SMILES string of the molecule is CC(OC(=O)C1CCCN(C(=O)C2CC2)C1)c1ccc([N+](=O)[O-])cc1. The van der Waals surface area contributed by atoms with E-state index in [0.29, 0.717) is 12.1 Å². The van der Waals surface area contributed by atoms with E-state index in [-0.39, 0.29) is 29.4 Å². The van der Waals surface area contributed by atoms with E-state index in [1.807, 2.05) is 0 Å². The Balaban J connectivity index is 1.56. The van der Waals surface area contributed by atoms with Gasteiger partial charge >= 0.3 is 5.97 Å². The average Bonchev–Trinajstić information content (AvgIpc) is 3.46. The highest BCUT2D eigenvalue weighted by atomic mass is 16.6. The van der Waals surface area contributed by atoms with E-state index in [1.54, 1.807) is 24.0 Å². The summed E-state index contributed by atoms with van der Waals surface area (Å²) in [6, 6.07) is 5.99. The third kappa shape index (κ3) is 4.15. The van der Waals surface area contributed by atoms with E-state index >= 15 is 0 Å². The molecule has 1 aromatic carbocycles. The molecule has 2 atom stereocenters. The highest BCUT2D eigenvalue weighted by Gasteiger charge is 2.37. The van der Waals surface area contributed by atoms with Crippen molar-refractivity contribution in [1.82, 2.24) is 4.90 Å². The van der Waals surface area contributed by atoms with Crippen molar-refractivity contribution in [3.63, 3.8) is 0 Å². The first-order valence-electron chi connectivity index (χ1n) is 8.69. The van der Waals surface area contributed by atoms with Gasteiger partial charge in [-0.15, -0.1) is 0 Å². The summed E-state index contributed by atoms with van der Waals surface area (Å²) in [5.74, 6) is -0.272. The average molecular weight is 346 g/mol. The fourth-order valence-corrected chi connectivity index (χ4v) is 3.16. The fraction of sp³-hybridized carbons (Fsp3) is 0.556. The molecule has 1 aliphatic carbocycles. The summed E-state index contributed by atoms with van der Waals surface area (Å²) in [5.41, 5.74) is 0.712. The topological polar surface area (TPSA) is 89.8 Å². The maximum Gasteiger partial charge on any atom is 0.311 e. The number of carbonyl (C=O) groups is 2. The van der Waals surface area contributed by atoms with Crippen LogP contribution in [0.15, 0.2) is 24.3 Å². The Kier molecular flexibility index (Phi) is 5.01. The highest BCUT2D eigenvalue weighted by molar-refractivity contribution is 5.82. The minimum absolute atomic E-state index is 0.00351. The number of nitro benzene ring substituents is 1. The molecule has 1 saturated heterocycles. The van der Waals surface area contributed by atoms with Crippen LogP contribution in [0.2, 0.25) is 0 Å². The largest absolute Gasteiger partial charge is 0.458 e. The van der Waals surface area contributed by atoms with Gasteiger partial charge < -0.3 is 9.64 Å². The van der Waals surface area contributed by atoms with Gasteiger partial charge in [0, 0.05) is 31.1 Å². The number of ether oxygens (including phenoxy) is 1. The van der Waals surface area contributed by atoms with Crippen LogP contribution in [0.5, 0.6) is 0 Å². The summed E-state index contributed by atoms with van der Waals surface area (Å²) in [4.78, 5) is 36.6. The standard InChI is InChI=1S/C18H22N2O5/c1-12(13-6-8-16(9-7-13)20(23)24)25-18(22)15-3-2-10-19(11-15)17(21)14-4-5-14/h6-9,12,14-15H,2-5,10-11H2,1H3. The van der Waals surface area contributed by atoms with Crippen LogP contribution < -0.4 is 0 Å². The summed E-state index contributed by atoms with van der Waals surface area (Å²) in [5, 5.41) is 10.7. The van der Waals surface area contributed by atoms with Gasteiger partial charge in [0.05, 0.1) is 10.8 Å². The molecule has 2 unspecified atom stereocenters. The van der Waals surface area contributed by atoms with Crippen LogP contribution in [0.1, 0.15) is 44.3 Å². The van der Waals surface area contributed by atoms with Gasteiger partial charge in [0.1, 0.15) is 6.10 Å². The third-order valence-electron chi connectivity index (χ3n) is 4.86. The first-order valence-corrected chi connectivity index (χ1v) is 8.69. The first-order chi connectivity index (χ1) is 12.0.